The topological polar surface area (TPSA) is 35.2 Å². The quantitative estimate of drug-likeness (QED) is 0.820. The summed E-state index contributed by atoms with van der Waals surface area (Å²) in [5.74, 6) is 0.952. The van der Waals surface area contributed by atoms with Crippen molar-refractivity contribution in [1.82, 2.24) is 0 Å². The third-order valence-electron chi connectivity index (χ3n) is 3.49. The van der Waals surface area contributed by atoms with Gasteiger partial charge in [0.15, 0.2) is 0 Å². The second kappa shape index (κ2) is 6.01. The Hall–Kier alpha value is -1.09. The fraction of sp³-hybridized carbons (Fsp3) is 0.571. The summed E-state index contributed by atoms with van der Waals surface area (Å²) >= 11 is 0. The molecule has 0 aliphatic heterocycles. The Morgan fingerprint density at radius 1 is 1.12 bits per heavy atom. The molecule has 17 heavy (non-hydrogen) atoms. The summed E-state index contributed by atoms with van der Waals surface area (Å²) in [4.78, 5) is 0. The average Bonchev–Trinajstić information content (AvgIpc) is 2.57. The molecule has 0 heterocycles. The first-order valence-electron chi connectivity index (χ1n) is 6.42. The molecule has 2 unspecified atom stereocenters. The second-order valence-electron chi connectivity index (χ2n) is 4.74. The minimum absolute atomic E-state index is 0.188. The molecule has 1 saturated carbocycles. The Labute approximate surface area is 102 Å². The fourth-order valence-corrected chi connectivity index (χ4v) is 2.46. The molecular formula is C14H20FNO. The van der Waals surface area contributed by atoms with Crippen molar-refractivity contribution in [3.63, 3.8) is 0 Å². The van der Waals surface area contributed by atoms with Crippen molar-refractivity contribution >= 4 is 0 Å². The number of rotatable bonds is 3. The maximum absolute atomic E-state index is 12.8. The Morgan fingerprint density at radius 2 is 1.82 bits per heavy atom. The largest absolute Gasteiger partial charge is 0.490 e. The number of hydrogen-bond donors (Lipinski definition) is 1. The van der Waals surface area contributed by atoms with E-state index < -0.39 is 0 Å². The van der Waals surface area contributed by atoms with E-state index in [1.54, 1.807) is 12.1 Å². The average molecular weight is 237 g/mol. The highest BCUT2D eigenvalue weighted by molar-refractivity contribution is 5.22. The number of hydrogen-bond acceptors (Lipinski definition) is 2. The molecule has 0 saturated heterocycles. The minimum atomic E-state index is -0.228. The van der Waals surface area contributed by atoms with Gasteiger partial charge in [-0.1, -0.05) is 12.8 Å². The molecule has 0 aromatic heterocycles. The van der Waals surface area contributed by atoms with Crippen LogP contribution in [-0.4, -0.2) is 12.6 Å². The third-order valence-corrected chi connectivity index (χ3v) is 3.49. The van der Waals surface area contributed by atoms with Gasteiger partial charge in [-0.15, -0.1) is 0 Å². The monoisotopic (exact) mass is 237 g/mol. The first-order valence-corrected chi connectivity index (χ1v) is 6.42. The summed E-state index contributed by atoms with van der Waals surface area (Å²) in [6, 6.07) is 6.24. The molecule has 0 spiro atoms. The van der Waals surface area contributed by atoms with Crippen molar-refractivity contribution < 1.29 is 9.13 Å². The molecule has 0 radical (unpaired) electrons. The first kappa shape index (κ1) is 12.4. The van der Waals surface area contributed by atoms with Crippen molar-refractivity contribution in [1.29, 1.82) is 0 Å². The van der Waals surface area contributed by atoms with Crippen LogP contribution in [0.3, 0.4) is 0 Å². The van der Waals surface area contributed by atoms with E-state index in [1.165, 1.54) is 31.4 Å². The van der Waals surface area contributed by atoms with Gasteiger partial charge < -0.3 is 10.5 Å². The van der Waals surface area contributed by atoms with Gasteiger partial charge in [0, 0.05) is 5.92 Å². The smallest absolute Gasteiger partial charge is 0.123 e. The van der Waals surface area contributed by atoms with Crippen LogP contribution in [0.1, 0.15) is 32.1 Å². The van der Waals surface area contributed by atoms with Gasteiger partial charge in [0.05, 0.1) is 0 Å². The van der Waals surface area contributed by atoms with Crippen molar-refractivity contribution in [2.24, 2.45) is 11.7 Å². The van der Waals surface area contributed by atoms with Gasteiger partial charge >= 0.3 is 0 Å². The van der Waals surface area contributed by atoms with Crippen molar-refractivity contribution in [2.45, 2.75) is 38.2 Å². The van der Waals surface area contributed by atoms with Crippen LogP contribution in [0.4, 0.5) is 4.39 Å². The third kappa shape index (κ3) is 3.43. The molecule has 0 amide bonds. The first-order chi connectivity index (χ1) is 8.29. The van der Waals surface area contributed by atoms with Crippen LogP contribution >= 0.6 is 0 Å². The zero-order valence-corrected chi connectivity index (χ0v) is 10.1. The molecule has 1 aliphatic carbocycles. The van der Waals surface area contributed by atoms with Gasteiger partial charge in [0.2, 0.25) is 0 Å². The Morgan fingerprint density at radius 3 is 2.53 bits per heavy atom. The van der Waals surface area contributed by atoms with Gasteiger partial charge in [-0.2, -0.15) is 0 Å². The van der Waals surface area contributed by atoms with Gasteiger partial charge in [-0.3, -0.25) is 0 Å². The standard InChI is InChI=1S/C14H20FNO/c15-12-6-8-13(9-7-12)17-14-5-3-1-2-4-11(14)10-16/h6-9,11,14H,1-5,10,16H2. The molecule has 2 N–H and O–H groups in total. The van der Waals surface area contributed by atoms with Crippen LogP contribution in [-0.2, 0) is 0 Å². The van der Waals surface area contributed by atoms with E-state index in [0.717, 1.165) is 18.6 Å². The molecule has 1 aliphatic rings. The molecule has 1 fully saturated rings. The lowest BCUT2D eigenvalue weighted by Gasteiger charge is -2.25. The minimum Gasteiger partial charge on any atom is -0.490 e. The number of halogens is 1. The highest BCUT2D eigenvalue weighted by Crippen LogP contribution is 2.27. The summed E-state index contributed by atoms with van der Waals surface area (Å²) in [6.07, 6.45) is 6.09. The zero-order chi connectivity index (χ0) is 12.1. The van der Waals surface area contributed by atoms with Crippen molar-refractivity contribution in [2.75, 3.05) is 6.54 Å². The van der Waals surface area contributed by atoms with Crippen LogP contribution in [0.25, 0.3) is 0 Å². The molecule has 2 nitrogen and oxygen atoms in total. The molecular weight excluding hydrogens is 217 g/mol. The van der Waals surface area contributed by atoms with E-state index in [9.17, 15) is 4.39 Å². The van der Waals surface area contributed by atoms with E-state index in [2.05, 4.69) is 0 Å². The highest BCUT2D eigenvalue weighted by Gasteiger charge is 2.24. The summed E-state index contributed by atoms with van der Waals surface area (Å²) in [7, 11) is 0. The molecule has 1 aromatic carbocycles. The Balaban J connectivity index is 2.01. The van der Waals surface area contributed by atoms with Crippen LogP contribution in [0.15, 0.2) is 24.3 Å². The van der Waals surface area contributed by atoms with Gasteiger partial charge in [0.1, 0.15) is 17.7 Å². The summed E-state index contributed by atoms with van der Waals surface area (Å²) < 4.78 is 18.7. The number of benzene rings is 1. The van der Waals surface area contributed by atoms with Crippen LogP contribution in [0.2, 0.25) is 0 Å². The summed E-state index contributed by atoms with van der Waals surface area (Å²) in [5, 5.41) is 0. The Kier molecular flexibility index (Phi) is 4.37. The molecule has 3 heteroatoms. The normalized spacial score (nSPS) is 25.3. The van der Waals surface area contributed by atoms with Gasteiger partial charge in [-0.25, -0.2) is 4.39 Å². The molecule has 1 aromatic rings. The molecule has 2 rings (SSSR count). The maximum Gasteiger partial charge on any atom is 0.123 e. The van der Waals surface area contributed by atoms with Crippen LogP contribution < -0.4 is 10.5 Å². The predicted molar refractivity (Wildman–Crippen MR) is 66.4 cm³/mol. The van der Waals surface area contributed by atoms with Crippen LogP contribution in [0.5, 0.6) is 5.75 Å². The number of ether oxygens (including phenoxy) is 1. The predicted octanol–water partition coefficient (Wildman–Crippen LogP) is 3.11. The maximum atomic E-state index is 12.8. The van der Waals surface area contributed by atoms with E-state index in [0.29, 0.717) is 12.5 Å². The Bertz CT molecular complexity index is 339. The van der Waals surface area contributed by atoms with Crippen molar-refractivity contribution in [3.05, 3.63) is 30.1 Å². The molecule has 94 valence electrons. The molecule has 2 atom stereocenters. The van der Waals surface area contributed by atoms with E-state index in [-0.39, 0.29) is 11.9 Å². The van der Waals surface area contributed by atoms with Crippen molar-refractivity contribution in [3.8, 4) is 5.75 Å². The SMILES string of the molecule is NCC1CCCCCC1Oc1ccc(F)cc1. The fourth-order valence-electron chi connectivity index (χ4n) is 2.46. The summed E-state index contributed by atoms with van der Waals surface area (Å²) in [6.45, 7) is 0.672. The van der Waals surface area contributed by atoms with E-state index >= 15 is 0 Å². The summed E-state index contributed by atoms with van der Waals surface area (Å²) in [5.41, 5.74) is 5.80. The molecule has 0 bridgehead atoms. The lowest BCUT2D eigenvalue weighted by atomic mass is 9.97. The second-order valence-corrected chi connectivity index (χ2v) is 4.74. The van der Waals surface area contributed by atoms with Gasteiger partial charge in [0.25, 0.3) is 0 Å². The van der Waals surface area contributed by atoms with E-state index in [4.69, 9.17) is 10.5 Å². The van der Waals surface area contributed by atoms with Gasteiger partial charge in [-0.05, 0) is 50.1 Å². The van der Waals surface area contributed by atoms with E-state index in [1.807, 2.05) is 0 Å². The lowest BCUT2D eigenvalue weighted by molar-refractivity contribution is 0.129. The number of nitrogens with two attached hydrogens (primary N) is 1. The zero-order valence-electron chi connectivity index (χ0n) is 10.1. The highest BCUT2D eigenvalue weighted by atomic mass is 19.1. The van der Waals surface area contributed by atoms with Crippen LogP contribution in [0, 0.1) is 11.7 Å². The lowest BCUT2D eigenvalue weighted by Crippen LogP contribution is -2.31.